The van der Waals surface area contributed by atoms with Gasteiger partial charge in [0.2, 0.25) is 0 Å². The Bertz CT molecular complexity index is 1300. The number of nitrogen functional groups attached to an aromatic ring is 2. The van der Waals surface area contributed by atoms with Gasteiger partial charge in [0.25, 0.3) is 0 Å². The summed E-state index contributed by atoms with van der Waals surface area (Å²) in [5, 5.41) is 16.2. The summed E-state index contributed by atoms with van der Waals surface area (Å²) in [7, 11) is 0. The molecule has 1 spiro atoms. The number of aliphatic carboxylic acids is 1. The lowest BCUT2D eigenvalue weighted by atomic mass is 9.74. The van der Waals surface area contributed by atoms with E-state index in [1.807, 2.05) is 4.68 Å². The molecule has 1 saturated heterocycles. The number of nitrogens with zero attached hydrogens (tertiary/aromatic N) is 7. The minimum atomic E-state index is -5.08. The van der Waals surface area contributed by atoms with Crippen LogP contribution in [0.2, 0.25) is 5.02 Å². The number of carboxylic acid groups (broad SMARTS) is 1. The lowest BCUT2D eigenvalue weighted by Crippen LogP contribution is -2.45. The van der Waals surface area contributed by atoms with E-state index in [0.29, 0.717) is 15.9 Å². The van der Waals surface area contributed by atoms with Crippen LogP contribution in [0.3, 0.4) is 0 Å². The molecule has 3 aromatic rings. The van der Waals surface area contributed by atoms with E-state index in [1.165, 1.54) is 11.8 Å². The molecular formula is C20H22ClF3N10O2S. The Balaban J connectivity index is 0.000000405. The van der Waals surface area contributed by atoms with E-state index < -0.39 is 12.1 Å². The zero-order valence-electron chi connectivity index (χ0n) is 19.1. The molecule has 0 aromatic carbocycles. The van der Waals surface area contributed by atoms with Crippen molar-refractivity contribution in [1.82, 2.24) is 29.9 Å². The Morgan fingerprint density at radius 3 is 2.46 bits per heavy atom. The van der Waals surface area contributed by atoms with Crippen molar-refractivity contribution in [1.29, 1.82) is 0 Å². The maximum Gasteiger partial charge on any atom is 0.490 e. The monoisotopic (exact) mass is 558 g/mol. The molecule has 0 saturated carbocycles. The summed E-state index contributed by atoms with van der Waals surface area (Å²) < 4.78 is 33.7. The number of pyridine rings is 1. The van der Waals surface area contributed by atoms with E-state index >= 15 is 0 Å². The number of aromatic nitrogens is 6. The van der Waals surface area contributed by atoms with Crippen LogP contribution in [0.5, 0.6) is 0 Å². The van der Waals surface area contributed by atoms with Gasteiger partial charge in [-0.05, 0) is 18.9 Å². The summed E-state index contributed by atoms with van der Waals surface area (Å²) in [4.78, 5) is 24.9. The van der Waals surface area contributed by atoms with Crippen LogP contribution in [0.15, 0.2) is 34.6 Å². The number of alkyl halides is 3. The third kappa shape index (κ3) is 5.50. The lowest BCUT2D eigenvalue weighted by Gasteiger charge is -2.41. The van der Waals surface area contributed by atoms with Gasteiger partial charge in [-0.2, -0.15) is 13.2 Å². The van der Waals surface area contributed by atoms with Crippen LogP contribution < -0.4 is 22.1 Å². The molecule has 7 N–H and O–H groups in total. The summed E-state index contributed by atoms with van der Waals surface area (Å²) >= 11 is 7.54. The molecular weight excluding hydrogens is 537 g/mol. The number of piperidine rings is 1. The number of rotatable bonds is 3. The number of halogens is 4. The largest absolute Gasteiger partial charge is 0.490 e. The van der Waals surface area contributed by atoms with Crippen LogP contribution in [0.4, 0.5) is 30.6 Å². The van der Waals surface area contributed by atoms with Crippen molar-refractivity contribution >= 4 is 46.8 Å². The normalized spacial score (nSPS) is 18.3. The third-order valence-electron chi connectivity index (χ3n) is 6.26. The first-order valence-electron chi connectivity index (χ1n) is 10.8. The number of nitrogens with two attached hydrogens (primary N) is 3. The molecule has 0 amide bonds. The summed E-state index contributed by atoms with van der Waals surface area (Å²) in [6, 6.07) is 1.73. The molecule has 3 aromatic heterocycles. The molecule has 1 fully saturated rings. The van der Waals surface area contributed by atoms with Crippen molar-refractivity contribution in [2.75, 3.05) is 29.5 Å². The summed E-state index contributed by atoms with van der Waals surface area (Å²) in [5.74, 6) is -1.37. The number of carbonyl (C=O) groups is 1. The maximum atomic E-state index is 10.6. The predicted octanol–water partition coefficient (Wildman–Crippen LogP) is 2.37. The molecule has 1 atom stereocenters. The van der Waals surface area contributed by atoms with Crippen LogP contribution >= 0.6 is 23.4 Å². The molecule has 2 aliphatic heterocycles. The predicted molar refractivity (Wildman–Crippen MR) is 129 cm³/mol. The van der Waals surface area contributed by atoms with Crippen molar-refractivity contribution in [3.05, 3.63) is 35.4 Å². The fourth-order valence-electron chi connectivity index (χ4n) is 4.23. The average molecular weight is 559 g/mol. The number of hydrogen-bond donors (Lipinski definition) is 4. The van der Waals surface area contributed by atoms with Crippen LogP contribution in [-0.2, 0) is 11.3 Å². The second kappa shape index (κ2) is 10.2. The smallest absolute Gasteiger partial charge is 0.475 e. The minimum Gasteiger partial charge on any atom is -0.475 e. The quantitative estimate of drug-likeness (QED) is 0.368. The minimum absolute atomic E-state index is 0.0224. The van der Waals surface area contributed by atoms with Crippen LogP contribution in [0, 0.1) is 5.41 Å². The Kier molecular flexibility index (Phi) is 7.34. The van der Waals surface area contributed by atoms with Gasteiger partial charge in [0.05, 0.1) is 35.7 Å². The van der Waals surface area contributed by atoms with Crippen LogP contribution in [0.1, 0.15) is 24.6 Å². The molecule has 0 unspecified atom stereocenters. The van der Waals surface area contributed by atoms with E-state index in [-0.39, 0.29) is 17.3 Å². The van der Waals surface area contributed by atoms with E-state index in [4.69, 9.17) is 38.7 Å². The van der Waals surface area contributed by atoms with Gasteiger partial charge in [0, 0.05) is 29.6 Å². The number of fused-ring (bicyclic) bond motifs is 1. The highest BCUT2D eigenvalue weighted by atomic mass is 35.5. The second-order valence-electron chi connectivity index (χ2n) is 8.48. The standard InChI is InChI=1S/C18H21ClN10S.C2HF3O2/c19-13-11(1-4-23-15(13)21)30-17-16(22)26-12(8-24-17)28-5-2-18(3-6-28)9-29-10(14(18)20)7-25-27-29;3-2(4,5)1(6)7/h1,4,7-8,14H,2-3,5-6,9,20H2,(H2,21,23)(H2,22,26);(H,6,7)/t14-;/m1./s1. The van der Waals surface area contributed by atoms with E-state index in [1.54, 1.807) is 24.7 Å². The zero-order valence-corrected chi connectivity index (χ0v) is 20.6. The first-order chi connectivity index (χ1) is 17.4. The Morgan fingerprint density at radius 1 is 1.19 bits per heavy atom. The molecule has 37 heavy (non-hydrogen) atoms. The second-order valence-corrected chi connectivity index (χ2v) is 9.88. The van der Waals surface area contributed by atoms with Crippen molar-refractivity contribution in [3.8, 4) is 0 Å². The molecule has 0 aliphatic carbocycles. The topological polar surface area (TPSA) is 188 Å². The fourth-order valence-corrected chi connectivity index (χ4v) is 5.24. The van der Waals surface area contributed by atoms with Crippen molar-refractivity contribution in [2.45, 2.75) is 41.5 Å². The molecule has 5 heterocycles. The Labute approximate surface area is 217 Å². The highest BCUT2D eigenvalue weighted by Crippen LogP contribution is 2.47. The summed E-state index contributed by atoms with van der Waals surface area (Å²) in [6.45, 7) is 2.48. The van der Waals surface area contributed by atoms with Gasteiger partial charge in [0.1, 0.15) is 16.7 Å². The van der Waals surface area contributed by atoms with E-state index in [0.717, 1.165) is 48.9 Å². The highest BCUT2D eigenvalue weighted by Gasteiger charge is 2.47. The highest BCUT2D eigenvalue weighted by molar-refractivity contribution is 7.99. The van der Waals surface area contributed by atoms with Gasteiger partial charge in [-0.25, -0.2) is 24.4 Å². The Morgan fingerprint density at radius 2 is 1.86 bits per heavy atom. The van der Waals surface area contributed by atoms with Gasteiger partial charge in [-0.3, -0.25) is 0 Å². The fraction of sp³-hybridized carbons (Fsp3) is 0.400. The third-order valence-corrected chi connectivity index (χ3v) is 7.83. The van der Waals surface area contributed by atoms with Gasteiger partial charge in [-0.1, -0.05) is 28.6 Å². The number of anilines is 3. The molecule has 2 aliphatic rings. The van der Waals surface area contributed by atoms with Crippen molar-refractivity contribution in [2.24, 2.45) is 11.1 Å². The Hall–Kier alpha value is -3.37. The zero-order chi connectivity index (χ0) is 27.0. The molecule has 0 radical (unpaired) electrons. The van der Waals surface area contributed by atoms with Gasteiger partial charge >= 0.3 is 12.1 Å². The molecule has 198 valence electrons. The molecule has 0 bridgehead atoms. The number of carboxylic acids is 1. The van der Waals surface area contributed by atoms with Crippen molar-refractivity contribution < 1.29 is 23.1 Å². The van der Waals surface area contributed by atoms with E-state index in [9.17, 15) is 13.2 Å². The van der Waals surface area contributed by atoms with E-state index in [2.05, 4.69) is 30.2 Å². The number of hydrogen-bond acceptors (Lipinski definition) is 11. The summed E-state index contributed by atoms with van der Waals surface area (Å²) in [5.41, 5.74) is 19.5. The van der Waals surface area contributed by atoms with Crippen LogP contribution in [-0.4, -0.2) is 60.3 Å². The van der Waals surface area contributed by atoms with Crippen LogP contribution in [0.25, 0.3) is 0 Å². The first kappa shape index (κ1) is 26.7. The lowest BCUT2D eigenvalue weighted by molar-refractivity contribution is -0.192. The average Bonchev–Trinajstić information content (AvgIpc) is 3.39. The van der Waals surface area contributed by atoms with Gasteiger partial charge in [0.15, 0.2) is 5.82 Å². The first-order valence-corrected chi connectivity index (χ1v) is 12.0. The molecule has 12 nitrogen and oxygen atoms in total. The van der Waals surface area contributed by atoms with Crippen molar-refractivity contribution in [3.63, 3.8) is 0 Å². The maximum absolute atomic E-state index is 10.6. The van der Waals surface area contributed by atoms with Gasteiger partial charge < -0.3 is 27.2 Å². The van der Waals surface area contributed by atoms with Gasteiger partial charge in [-0.15, -0.1) is 5.10 Å². The summed E-state index contributed by atoms with van der Waals surface area (Å²) in [6.07, 6.45) is 1.93. The SMILES string of the molecule is Nc1nc(N2CCC3(CC2)Cn2nncc2[C@H]3N)cnc1Sc1ccnc(N)c1Cl.O=C(O)C(F)(F)F. The molecule has 5 rings (SSSR count). The molecule has 17 heteroatoms.